The highest BCUT2D eigenvalue weighted by atomic mass is 15.0. The first-order valence-corrected chi connectivity index (χ1v) is 9.89. The van der Waals surface area contributed by atoms with Crippen LogP contribution < -0.4 is 9.88 Å². The summed E-state index contributed by atoms with van der Waals surface area (Å²) in [4.78, 5) is 4.19. The van der Waals surface area contributed by atoms with Crippen LogP contribution in [0.5, 0.6) is 0 Å². The van der Waals surface area contributed by atoms with E-state index in [9.17, 15) is 0 Å². The van der Waals surface area contributed by atoms with Gasteiger partial charge in [0, 0.05) is 46.9 Å². The Morgan fingerprint density at radius 1 is 1.16 bits per heavy atom. The third kappa shape index (κ3) is 2.89. The number of nitrogens with zero attached hydrogens (tertiary/aromatic N) is 2. The molecular formula is C22H28N3+. The van der Waals surface area contributed by atoms with Gasteiger partial charge in [-0.05, 0) is 55.9 Å². The van der Waals surface area contributed by atoms with Gasteiger partial charge >= 0.3 is 0 Å². The molecule has 4 heterocycles. The van der Waals surface area contributed by atoms with E-state index in [0.717, 1.165) is 12.6 Å². The number of hydrogen-bond acceptors (Lipinski definition) is 2. The molecule has 5 rings (SSSR count). The summed E-state index contributed by atoms with van der Waals surface area (Å²) in [5, 5.41) is 3.81. The molecule has 0 radical (unpaired) electrons. The van der Waals surface area contributed by atoms with E-state index >= 15 is 0 Å². The summed E-state index contributed by atoms with van der Waals surface area (Å²) in [5.74, 6) is 0.681. The van der Waals surface area contributed by atoms with Gasteiger partial charge in [-0.2, -0.15) is 0 Å². The van der Waals surface area contributed by atoms with Gasteiger partial charge in [-0.15, -0.1) is 0 Å². The molecule has 25 heavy (non-hydrogen) atoms. The van der Waals surface area contributed by atoms with Crippen molar-refractivity contribution < 1.29 is 4.57 Å². The molecule has 130 valence electrons. The number of pyridine rings is 2. The van der Waals surface area contributed by atoms with E-state index in [-0.39, 0.29) is 0 Å². The van der Waals surface area contributed by atoms with Crippen molar-refractivity contribution in [3.63, 3.8) is 0 Å². The minimum atomic E-state index is 0.492. The summed E-state index contributed by atoms with van der Waals surface area (Å²) in [6.07, 6.45) is 16.7. The van der Waals surface area contributed by atoms with Gasteiger partial charge < -0.3 is 5.32 Å². The van der Waals surface area contributed by atoms with Crippen LogP contribution in [0.1, 0.15) is 56.9 Å². The maximum atomic E-state index is 4.19. The Morgan fingerprint density at radius 2 is 2.00 bits per heavy atom. The van der Waals surface area contributed by atoms with E-state index in [1.807, 2.05) is 12.4 Å². The van der Waals surface area contributed by atoms with Crippen LogP contribution in [0, 0.1) is 5.41 Å². The van der Waals surface area contributed by atoms with Gasteiger partial charge in [0.05, 0.1) is 0 Å². The number of hydrogen-bond donors (Lipinski definition) is 1. The largest absolute Gasteiger partial charge is 0.311 e. The van der Waals surface area contributed by atoms with Crippen molar-refractivity contribution in [2.75, 3.05) is 0 Å². The van der Waals surface area contributed by atoms with Crippen molar-refractivity contribution >= 4 is 0 Å². The zero-order valence-electron chi connectivity index (χ0n) is 15.1. The van der Waals surface area contributed by atoms with E-state index in [2.05, 4.69) is 52.4 Å². The van der Waals surface area contributed by atoms with E-state index in [1.165, 1.54) is 55.2 Å². The Morgan fingerprint density at radius 3 is 2.64 bits per heavy atom. The predicted molar refractivity (Wildman–Crippen MR) is 99.1 cm³/mol. The van der Waals surface area contributed by atoms with Crippen molar-refractivity contribution in [1.29, 1.82) is 0 Å². The van der Waals surface area contributed by atoms with Crippen molar-refractivity contribution in [3.05, 3.63) is 48.5 Å². The lowest BCUT2D eigenvalue weighted by Crippen LogP contribution is -2.45. The van der Waals surface area contributed by atoms with Crippen LogP contribution in [0.3, 0.4) is 0 Å². The summed E-state index contributed by atoms with van der Waals surface area (Å²) in [5.41, 5.74) is 4.63. The third-order valence-corrected chi connectivity index (χ3v) is 6.81. The molecule has 1 saturated carbocycles. The van der Waals surface area contributed by atoms with Gasteiger partial charge in [-0.1, -0.05) is 13.3 Å². The molecule has 0 aromatic carbocycles. The molecule has 1 N–H and O–H groups in total. The van der Waals surface area contributed by atoms with Crippen LogP contribution in [0.15, 0.2) is 43.0 Å². The number of fused-ring (bicyclic) bond motifs is 2. The lowest BCUT2D eigenvalue weighted by molar-refractivity contribution is -0.711. The normalized spacial score (nSPS) is 29.6. The molecule has 0 amide bonds. The third-order valence-electron chi connectivity index (χ3n) is 6.81. The van der Waals surface area contributed by atoms with Crippen LogP contribution in [0.4, 0.5) is 0 Å². The Labute approximate surface area is 150 Å². The molecule has 1 aliphatic carbocycles. The fourth-order valence-electron chi connectivity index (χ4n) is 5.23. The van der Waals surface area contributed by atoms with Crippen molar-refractivity contribution in [2.45, 2.75) is 70.0 Å². The predicted octanol–water partition coefficient (Wildman–Crippen LogP) is 3.83. The molecule has 3 aliphatic rings. The first-order valence-electron chi connectivity index (χ1n) is 9.89. The van der Waals surface area contributed by atoms with Crippen molar-refractivity contribution in [2.24, 2.45) is 5.41 Å². The molecule has 2 saturated heterocycles. The number of rotatable bonds is 4. The van der Waals surface area contributed by atoms with Gasteiger partial charge in [-0.25, -0.2) is 4.57 Å². The average Bonchev–Trinajstić information content (AvgIpc) is 3.24. The fraction of sp³-hybridized carbons (Fsp3) is 0.545. The molecule has 0 spiro atoms. The first kappa shape index (κ1) is 15.5. The van der Waals surface area contributed by atoms with Crippen LogP contribution in [0.25, 0.3) is 11.1 Å². The second kappa shape index (κ2) is 5.91. The minimum Gasteiger partial charge on any atom is -0.311 e. The van der Waals surface area contributed by atoms with Crippen LogP contribution >= 0.6 is 0 Å². The molecule has 2 bridgehead atoms. The quantitative estimate of drug-likeness (QED) is 0.861. The topological polar surface area (TPSA) is 28.8 Å². The molecule has 2 aromatic heterocycles. The Kier molecular flexibility index (Phi) is 3.67. The van der Waals surface area contributed by atoms with Crippen molar-refractivity contribution in [1.82, 2.24) is 10.3 Å². The summed E-state index contributed by atoms with van der Waals surface area (Å²) in [7, 11) is 0. The van der Waals surface area contributed by atoms with Crippen molar-refractivity contribution in [3.8, 4) is 11.1 Å². The van der Waals surface area contributed by atoms with Crippen LogP contribution in [-0.4, -0.2) is 17.1 Å². The Hall–Kier alpha value is -1.74. The Balaban J connectivity index is 1.53. The average molecular weight is 334 g/mol. The number of aromatic nitrogens is 2. The van der Waals surface area contributed by atoms with Gasteiger partial charge in [0.15, 0.2) is 18.9 Å². The van der Waals surface area contributed by atoms with E-state index in [4.69, 9.17) is 0 Å². The molecule has 3 fully saturated rings. The standard InChI is InChI=1S/C22H28N3/c1-22(7-2-8-22)15-25-13-17(16-5-9-23-10-6-16)11-18(14-25)20-12-19-3-4-21(20)24-19/h5-6,9-11,13-14,19-21,24H,2-4,7-8,12,15H2,1H3/q+1. The van der Waals surface area contributed by atoms with Gasteiger partial charge in [0.1, 0.15) is 0 Å². The highest BCUT2D eigenvalue weighted by Gasteiger charge is 2.41. The minimum absolute atomic E-state index is 0.492. The summed E-state index contributed by atoms with van der Waals surface area (Å²) in [6, 6.07) is 8.13. The highest BCUT2D eigenvalue weighted by molar-refractivity contribution is 5.61. The summed E-state index contributed by atoms with van der Waals surface area (Å²) >= 11 is 0. The van der Waals surface area contributed by atoms with Gasteiger partial charge in [0.25, 0.3) is 0 Å². The monoisotopic (exact) mass is 334 g/mol. The molecule has 3 nitrogen and oxygen atoms in total. The fourth-order valence-corrected chi connectivity index (χ4v) is 5.23. The van der Waals surface area contributed by atoms with Gasteiger partial charge in [0.2, 0.25) is 0 Å². The maximum absolute atomic E-state index is 4.19. The summed E-state index contributed by atoms with van der Waals surface area (Å²) < 4.78 is 2.48. The SMILES string of the molecule is CC1(C[n+]2cc(-c3ccncc3)cc(C3CC4CCC3N4)c2)CCC1. The zero-order valence-corrected chi connectivity index (χ0v) is 15.1. The maximum Gasteiger partial charge on any atom is 0.176 e. The lowest BCUT2D eigenvalue weighted by atomic mass is 9.70. The lowest BCUT2D eigenvalue weighted by Gasteiger charge is -2.35. The second-order valence-electron chi connectivity index (χ2n) is 8.82. The van der Waals surface area contributed by atoms with E-state index in [0.29, 0.717) is 17.4 Å². The number of nitrogens with one attached hydrogen (secondary N) is 1. The van der Waals surface area contributed by atoms with E-state index in [1.54, 1.807) is 0 Å². The summed E-state index contributed by atoms with van der Waals surface area (Å²) in [6.45, 7) is 3.59. The second-order valence-corrected chi connectivity index (χ2v) is 8.82. The molecule has 3 atom stereocenters. The van der Waals surface area contributed by atoms with Crippen LogP contribution in [-0.2, 0) is 6.54 Å². The van der Waals surface area contributed by atoms with Gasteiger partial charge in [-0.3, -0.25) is 4.98 Å². The molecule has 3 heteroatoms. The first-order chi connectivity index (χ1) is 12.2. The molecule has 3 unspecified atom stereocenters. The highest BCUT2D eigenvalue weighted by Crippen LogP contribution is 2.42. The molecule has 2 aliphatic heterocycles. The molecule has 2 aromatic rings. The van der Waals surface area contributed by atoms with Crippen LogP contribution in [0.2, 0.25) is 0 Å². The zero-order chi connectivity index (χ0) is 16.9. The molecular weight excluding hydrogens is 306 g/mol. The van der Waals surface area contributed by atoms with E-state index < -0.39 is 0 Å². The smallest absolute Gasteiger partial charge is 0.176 e. The Bertz CT molecular complexity index is 766.